The van der Waals surface area contributed by atoms with Crippen LogP contribution in [0.3, 0.4) is 0 Å². The molecule has 4 rings (SSSR count). The van der Waals surface area contributed by atoms with E-state index < -0.39 is 29.2 Å². The zero-order chi connectivity index (χ0) is 23.7. The Morgan fingerprint density at radius 2 is 2.24 bits per heavy atom. The number of fused-ring (bicyclic) bond motifs is 1. The van der Waals surface area contributed by atoms with Crippen molar-refractivity contribution < 1.29 is 53.9 Å². The van der Waals surface area contributed by atoms with Gasteiger partial charge < -0.3 is 31.6 Å². The predicted molar refractivity (Wildman–Crippen MR) is 116 cm³/mol. The van der Waals surface area contributed by atoms with E-state index in [-0.39, 0.29) is 68.5 Å². The number of hydrogen-bond acceptors (Lipinski definition) is 15. The van der Waals surface area contributed by atoms with Gasteiger partial charge in [-0.25, -0.2) is 4.98 Å². The standard InChI is InChI=1S/C15H16N10O5S3.Na/c1-30-21-7(6-4-32-14(16)18-6)10(26)19-8-11(27)24-9(13(28)29)5(2-31-12(8)24)3-33-15-20-22-23-25(15)17;/h4,8,12H,2-3,17H2,1H3,(H2,16,18)(H,19,26)(H,28,29);/q;+1/p-1/b21-7-;/t8-,12+;/m1./s1. The third-order valence-corrected chi connectivity index (χ3v) is 7.56. The number of aliphatic carboxylic acids is 1. The minimum atomic E-state index is -1.50. The summed E-state index contributed by atoms with van der Waals surface area (Å²) in [5.74, 6) is 3.22. The van der Waals surface area contributed by atoms with Gasteiger partial charge in [0.15, 0.2) is 10.8 Å². The van der Waals surface area contributed by atoms with Crippen molar-refractivity contribution in [2.45, 2.75) is 16.6 Å². The molecule has 2 aromatic heterocycles. The largest absolute Gasteiger partial charge is 1.00 e. The molecule has 34 heavy (non-hydrogen) atoms. The number of nitrogen functional groups attached to an aromatic ring is 2. The molecule has 0 radical (unpaired) electrons. The summed E-state index contributed by atoms with van der Waals surface area (Å²) in [6, 6.07) is -0.972. The maximum absolute atomic E-state index is 12.8. The number of aromatic nitrogens is 5. The van der Waals surface area contributed by atoms with Gasteiger partial charge in [0.25, 0.3) is 11.8 Å². The van der Waals surface area contributed by atoms with Gasteiger partial charge in [0.05, 0.1) is 11.7 Å². The zero-order valence-corrected chi connectivity index (χ0v) is 22.1. The van der Waals surface area contributed by atoms with E-state index in [1.54, 1.807) is 0 Å². The van der Waals surface area contributed by atoms with Crippen molar-refractivity contribution in [1.29, 1.82) is 0 Å². The summed E-state index contributed by atoms with van der Waals surface area (Å²) >= 11 is 3.52. The Balaban J connectivity index is 0.00000324. The number of amides is 2. The number of nitrogens with two attached hydrogens (primary N) is 2. The Morgan fingerprint density at radius 3 is 2.82 bits per heavy atom. The number of nitrogens with zero attached hydrogens (tertiary/aromatic N) is 7. The van der Waals surface area contributed by atoms with E-state index in [4.69, 9.17) is 16.4 Å². The summed E-state index contributed by atoms with van der Waals surface area (Å²) in [6.45, 7) is 0. The first-order valence-electron chi connectivity index (χ1n) is 8.99. The summed E-state index contributed by atoms with van der Waals surface area (Å²) in [7, 11) is 1.26. The summed E-state index contributed by atoms with van der Waals surface area (Å²) in [4.78, 5) is 48.2. The Bertz CT molecular complexity index is 1180. The molecule has 1 fully saturated rings. The summed E-state index contributed by atoms with van der Waals surface area (Å²) < 4.78 is 0. The average molecular weight is 535 g/mol. The van der Waals surface area contributed by atoms with Crippen molar-refractivity contribution in [3.05, 3.63) is 22.3 Å². The number of anilines is 1. The molecule has 2 aliphatic heterocycles. The van der Waals surface area contributed by atoms with Gasteiger partial charge in [0.1, 0.15) is 24.2 Å². The van der Waals surface area contributed by atoms with Gasteiger partial charge in [-0.3, -0.25) is 14.5 Å². The van der Waals surface area contributed by atoms with Crippen LogP contribution in [0.2, 0.25) is 0 Å². The topological polar surface area (TPSA) is 220 Å². The third kappa shape index (κ3) is 5.01. The number of carboxylic acid groups (broad SMARTS) is 1. The summed E-state index contributed by atoms with van der Waals surface area (Å²) in [5, 5.41) is 30.1. The quantitative estimate of drug-likeness (QED) is 0.0718. The first-order valence-corrected chi connectivity index (χ1v) is 11.9. The number of hydrogen-bond donors (Lipinski definition) is 3. The molecule has 1 saturated heterocycles. The van der Waals surface area contributed by atoms with Gasteiger partial charge >= 0.3 is 29.6 Å². The van der Waals surface area contributed by atoms with Crippen LogP contribution in [0.15, 0.2) is 27.0 Å². The molecule has 15 nitrogen and oxygen atoms in total. The predicted octanol–water partition coefficient (Wildman–Crippen LogP) is -6.02. The Morgan fingerprint density at radius 1 is 1.47 bits per heavy atom. The molecule has 0 unspecified atom stereocenters. The molecule has 2 aliphatic rings. The molecule has 0 spiro atoms. The fourth-order valence-electron chi connectivity index (χ4n) is 3.12. The van der Waals surface area contributed by atoms with E-state index in [0.717, 1.165) is 32.8 Å². The molecule has 0 aliphatic carbocycles. The Hall–Kier alpha value is -2.38. The number of carbonyl (C=O) groups is 3. The van der Waals surface area contributed by atoms with E-state index in [1.165, 1.54) is 24.3 Å². The Kier molecular flexibility index (Phi) is 8.42. The second-order valence-electron chi connectivity index (χ2n) is 6.49. The molecule has 5 N–H and O–H groups in total. The molecule has 4 heterocycles. The van der Waals surface area contributed by atoms with Crippen LogP contribution in [-0.4, -0.2) is 83.7 Å². The van der Waals surface area contributed by atoms with Crippen molar-refractivity contribution in [1.82, 2.24) is 35.5 Å². The van der Waals surface area contributed by atoms with Crippen LogP contribution in [0.1, 0.15) is 5.69 Å². The molecular weight excluding hydrogens is 519 g/mol. The van der Waals surface area contributed by atoms with Crippen LogP contribution >= 0.6 is 34.9 Å². The van der Waals surface area contributed by atoms with Crippen LogP contribution in [-0.2, 0) is 19.2 Å². The van der Waals surface area contributed by atoms with E-state index in [9.17, 15) is 19.5 Å². The van der Waals surface area contributed by atoms with Crippen LogP contribution in [0.4, 0.5) is 5.13 Å². The van der Waals surface area contributed by atoms with E-state index in [1.807, 2.05) is 0 Å². The fraction of sp³-hybridized carbons (Fsp3) is 0.333. The SMILES string of the molecule is CO/N=C(\C(=O)N[C@@H]1C(=O)N2C(C(=O)[O-])=C(CSc3nnnn3N)CS[C@@H]12)c1csc(N)n1.[Na+]. The van der Waals surface area contributed by atoms with E-state index in [0.29, 0.717) is 5.57 Å². The summed E-state index contributed by atoms with van der Waals surface area (Å²) in [5.41, 5.74) is 5.84. The van der Waals surface area contributed by atoms with Crippen molar-refractivity contribution in [2.24, 2.45) is 5.16 Å². The number of oxime groups is 1. The maximum atomic E-state index is 12.8. The zero-order valence-electron chi connectivity index (χ0n) is 17.7. The van der Waals surface area contributed by atoms with Gasteiger partial charge in [-0.15, -0.1) is 27.9 Å². The van der Waals surface area contributed by atoms with E-state index in [2.05, 4.69) is 31.0 Å². The van der Waals surface area contributed by atoms with Crippen molar-refractivity contribution >= 4 is 63.5 Å². The smallest absolute Gasteiger partial charge is 0.543 e. The van der Waals surface area contributed by atoms with Crippen LogP contribution in [0.5, 0.6) is 0 Å². The number of carboxylic acids is 1. The maximum Gasteiger partial charge on any atom is 1.00 e. The molecule has 2 amide bonds. The number of rotatable bonds is 8. The normalized spacial score (nSPS) is 19.7. The Labute approximate surface area is 226 Å². The minimum Gasteiger partial charge on any atom is -0.543 e. The number of carbonyl (C=O) groups excluding carboxylic acids is 3. The molecule has 2 aromatic rings. The number of thioether (sulfide) groups is 2. The van der Waals surface area contributed by atoms with Crippen LogP contribution < -0.4 is 51.6 Å². The second-order valence-corrected chi connectivity index (χ2v) is 9.43. The molecule has 19 heteroatoms. The van der Waals surface area contributed by atoms with Crippen LogP contribution in [0.25, 0.3) is 0 Å². The van der Waals surface area contributed by atoms with Gasteiger partial charge in [0, 0.05) is 16.9 Å². The molecule has 0 bridgehead atoms. The fourth-order valence-corrected chi connectivity index (χ4v) is 5.94. The van der Waals surface area contributed by atoms with E-state index >= 15 is 0 Å². The second kappa shape index (κ2) is 10.9. The van der Waals surface area contributed by atoms with Gasteiger partial charge in [-0.1, -0.05) is 22.0 Å². The first-order chi connectivity index (χ1) is 15.8. The van der Waals surface area contributed by atoms with Crippen molar-refractivity contribution in [3.8, 4) is 0 Å². The average Bonchev–Trinajstić information content (AvgIpc) is 3.40. The monoisotopic (exact) mass is 534 g/mol. The van der Waals surface area contributed by atoms with Crippen molar-refractivity contribution in [3.63, 3.8) is 0 Å². The molecule has 0 saturated carbocycles. The van der Waals surface area contributed by atoms with Crippen LogP contribution in [0, 0.1) is 0 Å². The number of thiazole rings is 1. The first kappa shape index (κ1) is 26.2. The molecule has 174 valence electrons. The number of β-lactam (4-membered cyclic amide) rings is 1. The van der Waals surface area contributed by atoms with Crippen molar-refractivity contribution in [2.75, 3.05) is 30.2 Å². The molecule has 2 atom stereocenters. The number of tetrazole rings is 1. The molecular formula is C15H15N10NaO5S3. The third-order valence-electron chi connectivity index (χ3n) is 4.53. The minimum absolute atomic E-state index is 0. The number of nitrogens with one attached hydrogen (secondary N) is 1. The van der Waals surface area contributed by atoms with Gasteiger partial charge in [0.2, 0.25) is 5.16 Å². The summed E-state index contributed by atoms with van der Waals surface area (Å²) in [6.07, 6.45) is 0. The van der Waals surface area contributed by atoms with Gasteiger partial charge in [-0.05, 0) is 16.0 Å². The van der Waals surface area contributed by atoms with Gasteiger partial charge in [-0.2, -0.15) is 0 Å². The molecule has 0 aromatic carbocycles.